The molecule has 0 amide bonds. The third-order valence-corrected chi connectivity index (χ3v) is 1.75. The first-order valence-electron chi connectivity index (χ1n) is 5.48. The van der Waals surface area contributed by atoms with Crippen LogP contribution in [0.4, 0.5) is 0 Å². The molecular formula is C13H21N. The minimum absolute atomic E-state index is 0.861. The summed E-state index contributed by atoms with van der Waals surface area (Å²) in [6.07, 6.45) is 3.06. The number of nitrogens with zero attached hydrogens (tertiary/aromatic N) is 1. The van der Waals surface area contributed by atoms with Crippen LogP contribution in [0.25, 0.3) is 0 Å². The summed E-state index contributed by atoms with van der Waals surface area (Å²) in [5.74, 6) is 12.5. The second-order valence-electron chi connectivity index (χ2n) is 3.12. The van der Waals surface area contributed by atoms with Crippen LogP contribution in [0.15, 0.2) is 0 Å². The summed E-state index contributed by atoms with van der Waals surface area (Å²) < 4.78 is 0. The van der Waals surface area contributed by atoms with Crippen LogP contribution in [0.2, 0.25) is 0 Å². The predicted molar refractivity (Wildman–Crippen MR) is 62.9 cm³/mol. The molecule has 0 spiro atoms. The molecule has 0 aromatic carbocycles. The lowest BCUT2D eigenvalue weighted by Crippen LogP contribution is -2.25. The minimum atomic E-state index is 0.861. The molecular weight excluding hydrogens is 170 g/mol. The van der Waals surface area contributed by atoms with Crippen molar-refractivity contribution in [2.75, 3.05) is 19.6 Å². The Kier molecular flexibility index (Phi) is 9.49. The first-order valence-corrected chi connectivity index (χ1v) is 5.48. The Morgan fingerprint density at radius 2 is 1.29 bits per heavy atom. The highest BCUT2D eigenvalue weighted by Gasteiger charge is 1.97. The van der Waals surface area contributed by atoms with E-state index in [1.54, 1.807) is 0 Å². The van der Waals surface area contributed by atoms with Crippen molar-refractivity contribution >= 4 is 0 Å². The molecule has 0 fully saturated rings. The minimum Gasteiger partial charge on any atom is -0.281 e. The molecule has 0 aliphatic rings. The van der Waals surface area contributed by atoms with Gasteiger partial charge in [-0.3, -0.25) is 4.90 Å². The Morgan fingerprint density at radius 1 is 0.786 bits per heavy atom. The fraction of sp³-hybridized carbons (Fsp3) is 0.692. The van der Waals surface area contributed by atoms with Gasteiger partial charge >= 0.3 is 0 Å². The molecule has 0 rings (SSSR count). The molecule has 14 heavy (non-hydrogen) atoms. The lowest BCUT2D eigenvalue weighted by atomic mass is 10.3. The third kappa shape index (κ3) is 7.71. The Morgan fingerprint density at radius 3 is 1.64 bits per heavy atom. The molecule has 0 radical (unpaired) electrons. The number of hydrogen-bond acceptors (Lipinski definition) is 1. The molecule has 0 atom stereocenters. The van der Waals surface area contributed by atoms with Gasteiger partial charge in [0, 0.05) is 12.8 Å². The van der Waals surface area contributed by atoms with E-state index in [4.69, 9.17) is 0 Å². The largest absolute Gasteiger partial charge is 0.281 e. The average Bonchev–Trinajstić information content (AvgIpc) is 2.18. The fourth-order valence-electron chi connectivity index (χ4n) is 1.12. The molecule has 0 aliphatic carbocycles. The highest BCUT2D eigenvalue weighted by Crippen LogP contribution is 1.89. The maximum Gasteiger partial charge on any atom is 0.0609 e. The van der Waals surface area contributed by atoms with Crippen LogP contribution in [-0.2, 0) is 0 Å². The predicted octanol–water partition coefficient (Wildman–Crippen LogP) is 2.53. The first-order chi connectivity index (χ1) is 6.85. The van der Waals surface area contributed by atoms with Gasteiger partial charge in [-0.25, -0.2) is 0 Å². The molecule has 0 N–H and O–H groups in total. The molecule has 1 nitrogen and oxygen atoms in total. The summed E-state index contributed by atoms with van der Waals surface area (Å²) in [6, 6.07) is 0. The zero-order valence-electron chi connectivity index (χ0n) is 9.69. The third-order valence-electron chi connectivity index (χ3n) is 1.75. The summed E-state index contributed by atoms with van der Waals surface area (Å²) in [4.78, 5) is 2.30. The summed E-state index contributed by atoms with van der Waals surface area (Å²) in [5, 5.41) is 0. The van der Waals surface area contributed by atoms with E-state index in [9.17, 15) is 0 Å². The molecule has 0 bridgehead atoms. The van der Waals surface area contributed by atoms with Crippen molar-refractivity contribution in [1.29, 1.82) is 0 Å². The average molecular weight is 191 g/mol. The Bertz CT molecular complexity index is 209. The Balaban J connectivity index is 3.88. The molecule has 0 saturated heterocycles. The number of rotatable bonds is 4. The van der Waals surface area contributed by atoms with Crippen LogP contribution >= 0.6 is 0 Å². The van der Waals surface area contributed by atoms with Gasteiger partial charge in [-0.05, 0) is 13.0 Å². The lowest BCUT2D eigenvalue weighted by Gasteiger charge is -2.14. The first kappa shape index (κ1) is 13.1. The van der Waals surface area contributed by atoms with Crippen LogP contribution in [-0.4, -0.2) is 24.5 Å². The SMILES string of the molecule is CCC#CCN(CC#CCC)CCC. The van der Waals surface area contributed by atoms with E-state index >= 15 is 0 Å². The van der Waals surface area contributed by atoms with Crippen LogP contribution in [0.3, 0.4) is 0 Å². The van der Waals surface area contributed by atoms with E-state index < -0.39 is 0 Å². The second-order valence-corrected chi connectivity index (χ2v) is 3.12. The Hall–Kier alpha value is -0.920. The molecule has 0 unspecified atom stereocenters. The van der Waals surface area contributed by atoms with Gasteiger partial charge in [0.2, 0.25) is 0 Å². The van der Waals surface area contributed by atoms with Crippen LogP contribution in [0.1, 0.15) is 40.0 Å². The van der Waals surface area contributed by atoms with Gasteiger partial charge in [0.05, 0.1) is 13.1 Å². The smallest absolute Gasteiger partial charge is 0.0609 e. The van der Waals surface area contributed by atoms with Crippen molar-refractivity contribution in [2.24, 2.45) is 0 Å². The monoisotopic (exact) mass is 191 g/mol. The van der Waals surface area contributed by atoms with E-state index in [1.165, 1.54) is 6.42 Å². The van der Waals surface area contributed by atoms with Gasteiger partial charge < -0.3 is 0 Å². The summed E-state index contributed by atoms with van der Waals surface area (Å²) in [7, 11) is 0. The summed E-state index contributed by atoms with van der Waals surface area (Å²) >= 11 is 0. The second kappa shape index (κ2) is 10.2. The molecule has 0 heterocycles. The van der Waals surface area contributed by atoms with Gasteiger partial charge in [-0.1, -0.05) is 32.6 Å². The molecule has 0 aliphatic heterocycles. The standard InChI is InChI=1S/C13H21N/c1-4-7-9-12-14(11-6-3)13-10-8-5-2/h4-6,11-13H2,1-3H3. The van der Waals surface area contributed by atoms with E-state index in [-0.39, 0.29) is 0 Å². The van der Waals surface area contributed by atoms with Crippen LogP contribution in [0, 0.1) is 23.7 Å². The van der Waals surface area contributed by atoms with Crippen molar-refractivity contribution in [3.05, 3.63) is 0 Å². The maximum atomic E-state index is 3.16. The van der Waals surface area contributed by atoms with Gasteiger partial charge in [0.25, 0.3) is 0 Å². The van der Waals surface area contributed by atoms with Crippen molar-refractivity contribution in [3.63, 3.8) is 0 Å². The number of hydrogen-bond donors (Lipinski definition) is 0. The maximum absolute atomic E-state index is 3.16. The van der Waals surface area contributed by atoms with Gasteiger partial charge in [0.1, 0.15) is 0 Å². The van der Waals surface area contributed by atoms with Crippen molar-refractivity contribution in [1.82, 2.24) is 4.90 Å². The normalized spacial score (nSPS) is 8.86. The van der Waals surface area contributed by atoms with E-state index in [1.807, 2.05) is 0 Å². The summed E-state index contributed by atoms with van der Waals surface area (Å²) in [5.41, 5.74) is 0. The van der Waals surface area contributed by atoms with Gasteiger partial charge in [-0.2, -0.15) is 0 Å². The van der Waals surface area contributed by atoms with Gasteiger partial charge in [0.15, 0.2) is 0 Å². The van der Waals surface area contributed by atoms with Crippen molar-refractivity contribution in [3.8, 4) is 23.7 Å². The zero-order chi connectivity index (χ0) is 10.6. The van der Waals surface area contributed by atoms with E-state index in [2.05, 4.69) is 49.4 Å². The molecule has 78 valence electrons. The topological polar surface area (TPSA) is 3.24 Å². The van der Waals surface area contributed by atoms with Crippen molar-refractivity contribution < 1.29 is 0 Å². The molecule has 0 saturated carbocycles. The van der Waals surface area contributed by atoms with Gasteiger partial charge in [-0.15, -0.1) is 11.8 Å². The molecule has 0 aromatic heterocycles. The zero-order valence-corrected chi connectivity index (χ0v) is 9.69. The Labute approximate surface area is 88.9 Å². The highest BCUT2D eigenvalue weighted by atomic mass is 15.1. The fourth-order valence-corrected chi connectivity index (χ4v) is 1.12. The molecule has 0 aromatic rings. The van der Waals surface area contributed by atoms with Crippen molar-refractivity contribution in [2.45, 2.75) is 40.0 Å². The molecule has 1 heteroatoms. The van der Waals surface area contributed by atoms with E-state index in [0.29, 0.717) is 0 Å². The quantitative estimate of drug-likeness (QED) is 0.617. The summed E-state index contributed by atoms with van der Waals surface area (Å²) in [6.45, 7) is 9.16. The van der Waals surface area contributed by atoms with Crippen LogP contribution in [0.5, 0.6) is 0 Å². The van der Waals surface area contributed by atoms with E-state index in [0.717, 1.165) is 32.5 Å². The highest BCUT2D eigenvalue weighted by molar-refractivity contribution is 5.04. The van der Waals surface area contributed by atoms with Crippen LogP contribution < -0.4 is 0 Å². The lowest BCUT2D eigenvalue weighted by molar-refractivity contribution is 0.345.